The second kappa shape index (κ2) is 5.87. The minimum Gasteiger partial charge on any atom is -0.311 e. The van der Waals surface area contributed by atoms with E-state index in [-0.39, 0.29) is 5.41 Å². The largest absolute Gasteiger partial charge is 0.311 e. The van der Waals surface area contributed by atoms with E-state index >= 15 is 0 Å². The number of rotatable bonds is 5. The fourth-order valence-corrected chi connectivity index (χ4v) is 2.98. The van der Waals surface area contributed by atoms with E-state index in [0.29, 0.717) is 0 Å². The highest BCUT2D eigenvalue weighted by molar-refractivity contribution is 7.10. The first-order valence-corrected chi connectivity index (χ1v) is 7.33. The Morgan fingerprint density at radius 1 is 1.22 bits per heavy atom. The number of nitrogens with one attached hydrogen (secondary N) is 1. The number of hydrogen-bond donors (Lipinski definition) is 1. The lowest BCUT2D eigenvalue weighted by Crippen LogP contribution is -2.32. The van der Waals surface area contributed by atoms with Crippen LogP contribution in [0.1, 0.15) is 24.3 Å². The lowest BCUT2D eigenvalue weighted by atomic mass is 9.84. The summed E-state index contributed by atoms with van der Waals surface area (Å²) in [6, 6.07) is 12.6. The maximum atomic E-state index is 5.91. The van der Waals surface area contributed by atoms with Gasteiger partial charge in [-0.05, 0) is 11.6 Å². The van der Waals surface area contributed by atoms with Crippen molar-refractivity contribution in [2.45, 2.75) is 25.8 Å². The third kappa shape index (κ3) is 3.58. The first-order chi connectivity index (χ1) is 8.58. The molecule has 0 saturated carbocycles. The predicted molar refractivity (Wildman–Crippen MR) is 80.5 cm³/mol. The molecule has 18 heavy (non-hydrogen) atoms. The van der Waals surface area contributed by atoms with Gasteiger partial charge >= 0.3 is 0 Å². The Balaban J connectivity index is 1.89. The van der Waals surface area contributed by atoms with E-state index in [0.717, 1.165) is 18.1 Å². The Bertz CT molecular complexity index is 490. The van der Waals surface area contributed by atoms with Crippen LogP contribution in [0.25, 0.3) is 0 Å². The van der Waals surface area contributed by atoms with Crippen LogP contribution in [0.2, 0.25) is 5.02 Å². The highest BCUT2D eigenvalue weighted by Crippen LogP contribution is 2.23. The monoisotopic (exact) mass is 279 g/mol. The third-order valence-electron chi connectivity index (χ3n) is 3.04. The van der Waals surface area contributed by atoms with Crippen molar-refractivity contribution < 1.29 is 0 Å². The van der Waals surface area contributed by atoms with Gasteiger partial charge < -0.3 is 5.32 Å². The van der Waals surface area contributed by atoms with Crippen molar-refractivity contribution in [3.05, 3.63) is 57.2 Å². The van der Waals surface area contributed by atoms with Gasteiger partial charge in [-0.2, -0.15) is 0 Å². The summed E-state index contributed by atoms with van der Waals surface area (Å²) in [5.41, 5.74) is 1.50. The van der Waals surface area contributed by atoms with Crippen molar-refractivity contribution in [3.8, 4) is 0 Å². The lowest BCUT2D eigenvalue weighted by Gasteiger charge is -2.25. The number of hydrogen-bond acceptors (Lipinski definition) is 2. The van der Waals surface area contributed by atoms with Crippen LogP contribution in [0.4, 0.5) is 0 Å². The van der Waals surface area contributed by atoms with E-state index < -0.39 is 0 Å². The smallest absolute Gasteiger partial charge is 0.0516 e. The van der Waals surface area contributed by atoms with Gasteiger partial charge in [0.05, 0.1) is 5.02 Å². The van der Waals surface area contributed by atoms with Crippen LogP contribution >= 0.6 is 22.9 Å². The minimum absolute atomic E-state index is 0.141. The Morgan fingerprint density at radius 2 is 1.94 bits per heavy atom. The molecule has 1 aromatic carbocycles. The second-order valence-corrected chi connectivity index (χ2v) is 6.52. The number of thiophene rings is 1. The quantitative estimate of drug-likeness (QED) is 0.851. The molecule has 2 aromatic rings. The molecule has 1 nitrogen and oxygen atoms in total. The van der Waals surface area contributed by atoms with Crippen molar-refractivity contribution in [2.75, 3.05) is 6.54 Å². The SMILES string of the molecule is CC(C)(CNCc1cc(Cl)cs1)c1ccccc1. The van der Waals surface area contributed by atoms with Crippen LogP contribution in [0, 0.1) is 0 Å². The molecular formula is C15H18ClNS. The first kappa shape index (κ1) is 13.6. The van der Waals surface area contributed by atoms with Gasteiger partial charge in [0.2, 0.25) is 0 Å². The average molecular weight is 280 g/mol. The van der Waals surface area contributed by atoms with Crippen LogP contribution in [-0.2, 0) is 12.0 Å². The summed E-state index contributed by atoms with van der Waals surface area (Å²) < 4.78 is 0. The molecule has 0 fully saturated rings. The van der Waals surface area contributed by atoms with Crippen molar-refractivity contribution in [1.82, 2.24) is 5.32 Å². The Labute approximate surface area is 118 Å². The van der Waals surface area contributed by atoms with E-state index in [2.05, 4.69) is 49.5 Å². The van der Waals surface area contributed by atoms with Crippen molar-refractivity contribution in [1.29, 1.82) is 0 Å². The minimum atomic E-state index is 0.141. The average Bonchev–Trinajstić information content (AvgIpc) is 2.76. The molecule has 0 atom stereocenters. The van der Waals surface area contributed by atoms with Gasteiger partial charge in [-0.3, -0.25) is 0 Å². The molecule has 3 heteroatoms. The number of benzene rings is 1. The maximum absolute atomic E-state index is 5.91. The van der Waals surface area contributed by atoms with Gasteiger partial charge in [-0.25, -0.2) is 0 Å². The molecule has 96 valence electrons. The topological polar surface area (TPSA) is 12.0 Å². The summed E-state index contributed by atoms with van der Waals surface area (Å²) in [4.78, 5) is 1.28. The lowest BCUT2D eigenvalue weighted by molar-refractivity contribution is 0.470. The Hall–Kier alpha value is -0.830. The van der Waals surface area contributed by atoms with Crippen molar-refractivity contribution >= 4 is 22.9 Å². The Kier molecular flexibility index (Phi) is 4.44. The van der Waals surface area contributed by atoms with Crippen molar-refractivity contribution in [2.24, 2.45) is 0 Å². The molecule has 1 aromatic heterocycles. The van der Waals surface area contributed by atoms with Crippen molar-refractivity contribution in [3.63, 3.8) is 0 Å². The van der Waals surface area contributed by atoms with Crippen LogP contribution < -0.4 is 5.32 Å². The van der Waals surface area contributed by atoms with Crippen LogP contribution in [0.15, 0.2) is 41.8 Å². The molecule has 0 saturated heterocycles. The fourth-order valence-electron chi connectivity index (χ4n) is 1.94. The zero-order chi connectivity index (χ0) is 13.0. The van der Waals surface area contributed by atoms with Crippen LogP contribution in [0.3, 0.4) is 0 Å². The van der Waals surface area contributed by atoms with E-state index in [9.17, 15) is 0 Å². The fraction of sp³-hybridized carbons (Fsp3) is 0.333. The van der Waals surface area contributed by atoms with Crippen LogP contribution in [0.5, 0.6) is 0 Å². The molecule has 1 heterocycles. The molecule has 0 spiro atoms. The molecule has 0 radical (unpaired) electrons. The van der Waals surface area contributed by atoms with Gasteiger partial charge in [0.15, 0.2) is 0 Å². The zero-order valence-corrected chi connectivity index (χ0v) is 12.3. The normalized spacial score (nSPS) is 11.7. The van der Waals surface area contributed by atoms with Gasteiger partial charge in [0.1, 0.15) is 0 Å². The molecule has 0 bridgehead atoms. The molecule has 0 amide bonds. The predicted octanol–water partition coefficient (Wildman–Crippen LogP) is 4.47. The van der Waals surface area contributed by atoms with E-state index in [1.165, 1.54) is 10.4 Å². The third-order valence-corrected chi connectivity index (χ3v) is 4.33. The summed E-state index contributed by atoms with van der Waals surface area (Å²) in [6.45, 7) is 6.35. The molecule has 0 unspecified atom stereocenters. The standard InChI is InChI=1S/C15H18ClNS/c1-15(2,12-6-4-3-5-7-12)11-17-9-14-8-13(16)10-18-14/h3-8,10,17H,9,11H2,1-2H3. The summed E-state index contributed by atoms with van der Waals surface area (Å²) in [6.07, 6.45) is 0. The van der Waals surface area contributed by atoms with Gasteiger partial charge in [0, 0.05) is 28.8 Å². The molecule has 2 rings (SSSR count). The molecule has 1 N–H and O–H groups in total. The highest BCUT2D eigenvalue weighted by Gasteiger charge is 2.19. The maximum Gasteiger partial charge on any atom is 0.0516 e. The van der Waals surface area contributed by atoms with Crippen LogP contribution in [-0.4, -0.2) is 6.54 Å². The Morgan fingerprint density at radius 3 is 2.56 bits per heavy atom. The summed E-state index contributed by atoms with van der Waals surface area (Å²) in [7, 11) is 0. The van der Waals surface area contributed by atoms with Gasteiger partial charge in [0.25, 0.3) is 0 Å². The summed E-state index contributed by atoms with van der Waals surface area (Å²) >= 11 is 7.61. The van der Waals surface area contributed by atoms with E-state index in [1.807, 2.05) is 11.4 Å². The first-order valence-electron chi connectivity index (χ1n) is 6.07. The number of halogens is 1. The van der Waals surface area contributed by atoms with Gasteiger partial charge in [-0.1, -0.05) is 55.8 Å². The highest BCUT2D eigenvalue weighted by atomic mass is 35.5. The summed E-state index contributed by atoms with van der Waals surface area (Å²) in [5, 5.41) is 6.31. The molecule has 0 aliphatic rings. The molecule has 0 aliphatic heterocycles. The summed E-state index contributed by atoms with van der Waals surface area (Å²) in [5.74, 6) is 0. The zero-order valence-electron chi connectivity index (χ0n) is 10.7. The second-order valence-electron chi connectivity index (χ2n) is 5.08. The van der Waals surface area contributed by atoms with Gasteiger partial charge in [-0.15, -0.1) is 11.3 Å². The van der Waals surface area contributed by atoms with E-state index in [4.69, 9.17) is 11.6 Å². The molecular weight excluding hydrogens is 262 g/mol. The molecule has 0 aliphatic carbocycles. The van der Waals surface area contributed by atoms with E-state index in [1.54, 1.807) is 11.3 Å².